The average Bonchev–Trinajstić information content (AvgIpc) is 3.10. The summed E-state index contributed by atoms with van der Waals surface area (Å²) in [5.41, 5.74) is 9.22. The minimum absolute atomic E-state index is 0.152. The zero-order valence-corrected chi connectivity index (χ0v) is 19.4. The summed E-state index contributed by atoms with van der Waals surface area (Å²) >= 11 is 0. The van der Waals surface area contributed by atoms with Crippen molar-refractivity contribution in [1.82, 2.24) is 19.8 Å². The minimum Gasteiger partial charge on any atom is -0.358 e. The molecule has 4 nitrogen and oxygen atoms in total. The van der Waals surface area contributed by atoms with E-state index >= 15 is 0 Å². The second kappa shape index (κ2) is 8.72. The van der Waals surface area contributed by atoms with Crippen LogP contribution in [0.25, 0.3) is 21.8 Å². The van der Waals surface area contributed by atoms with E-state index in [1.807, 2.05) is 6.07 Å². The molecule has 2 aliphatic rings. The second-order valence-electron chi connectivity index (χ2n) is 9.59. The number of hydrogen-bond acceptors (Lipinski definition) is 2. The van der Waals surface area contributed by atoms with Crippen molar-refractivity contribution >= 4 is 21.8 Å². The van der Waals surface area contributed by atoms with Crippen LogP contribution in [0.2, 0.25) is 0 Å². The van der Waals surface area contributed by atoms with E-state index in [0.717, 1.165) is 37.0 Å². The molecule has 0 spiro atoms. The van der Waals surface area contributed by atoms with Gasteiger partial charge in [-0.3, -0.25) is 0 Å². The monoisotopic (exact) mass is 432 g/mol. The number of nitrogens with one attached hydrogen (secondary N) is 2. The van der Waals surface area contributed by atoms with Gasteiger partial charge in [0.1, 0.15) is 5.82 Å². The van der Waals surface area contributed by atoms with Gasteiger partial charge in [0.15, 0.2) is 0 Å². The van der Waals surface area contributed by atoms with Gasteiger partial charge in [-0.25, -0.2) is 4.39 Å². The predicted molar refractivity (Wildman–Crippen MR) is 131 cm³/mol. The number of rotatable bonds is 0. The van der Waals surface area contributed by atoms with Crippen molar-refractivity contribution in [1.29, 1.82) is 0 Å². The lowest BCUT2D eigenvalue weighted by Gasteiger charge is -2.12. The maximum atomic E-state index is 13.3. The number of nitrogens with zero attached hydrogens (tertiary/aromatic N) is 2. The van der Waals surface area contributed by atoms with Crippen molar-refractivity contribution in [3.63, 3.8) is 0 Å². The Morgan fingerprint density at radius 3 is 1.88 bits per heavy atom. The van der Waals surface area contributed by atoms with Crippen LogP contribution < -0.4 is 0 Å². The highest BCUT2D eigenvalue weighted by Gasteiger charge is 2.17. The van der Waals surface area contributed by atoms with Crippen LogP contribution in [0.4, 0.5) is 4.39 Å². The van der Waals surface area contributed by atoms with Gasteiger partial charge >= 0.3 is 0 Å². The van der Waals surface area contributed by atoms with Crippen LogP contribution in [-0.4, -0.2) is 47.0 Å². The van der Waals surface area contributed by atoms with Gasteiger partial charge in [-0.1, -0.05) is 11.6 Å². The molecule has 0 fully saturated rings. The Kier molecular flexibility index (Phi) is 5.78. The van der Waals surface area contributed by atoms with Gasteiger partial charge in [0.25, 0.3) is 0 Å². The first-order chi connectivity index (χ1) is 15.5. The first kappa shape index (κ1) is 21.2. The SMILES string of the molecule is CN1CCCc2[nH]c3ccc(F)cc3c2C1.Cc1ccc2[nH]c3c(c2c1)CN(C)CCC3. The fourth-order valence-electron chi connectivity index (χ4n) is 5.23. The molecule has 32 heavy (non-hydrogen) atoms. The second-order valence-corrected chi connectivity index (χ2v) is 9.59. The largest absolute Gasteiger partial charge is 0.358 e. The zero-order chi connectivity index (χ0) is 22.2. The molecular weight excluding hydrogens is 399 g/mol. The topological polar surface area (TPSA) is 38.1 Å². The van der Waals surface area contributed by atoms with Gasteiger partial charge in [0, 0.05) is 46.3 Å². The van der Waals surface area contributed by atoms with Gasteiger partial charge in [-0.2, -0.15) is 0 Å². The van der Waals surface area contributed by atoms with E-state index in [2.05, 4.69) is 59.0 Å². The number of H-pyrrole nitrogens is 2. The molecule has 2 N–H and O–H groups in total. The number of fused-ring (bicyclic) bond motifs is 6. The Morgan fingerprint density at radius 2 is 1.28 bits per heavy atom. The summed E-state index contributed by atoms with van der Waals surface area (Å²) in [5.74, 6) is -0.152. The number of aryl methyl sites for hydroxylation is 3. The van der Waals surface area contributed by atoms with Gasteiger partial charge in [-0.15, -0.1) is 0 Å². The van der Waals surface area contributed by atoms with E-state index in [1.165, 1.54) is 70.9 Å². The lowest BCUT2D eigenvalue weighted by molar-refractivity contribution is 0.333. The molecule has 0 unspecified atom stereocenters. The van der Waals surface area contributed by atoms with Crippen molar-refractivity contribution in [2.45, 2.75) is 45.7 Å². The lowest BCUT2D eigenvalue weighted by atomic mass is 10.1. The molecule has 4 heterocycles. The van der Waals surface area contributed by atoms with Crippen LogP contribution >= 0.6 is 0 Å². The Morgan fingerprint density at radius 1 is 0.750 bits per heavy atom. The van der Waals surface area contributed by atoms with Gasteiger partial charge in [0.2, 0.25) is 0 Å². The van der Waals surface area contributed by atoms with Crippen molar-refractivity contribution in [2.24, 2.45) is 0 Å². The fourth-order valence-corrected chi connectivity index (χ4v) is 5.23. The standard InChI is InChI=1S/C14H18N2.C13H15FN2/c1-10-5-6-14-11(8-10)12-9-16(2)7-3-4-13(12)15-14;1-16-6-2-3-12-11(8-16)10-7-9(14)4-5-13(10)15-12/h5-6,8,15H,3-4,7,9H2,1-2H3;4-5,7,15H,2-3,6,8H2,1H3. The third-order valence-corrected chi connectivity index (χ3v) is 6.90. The summed E-state index contributed by atoms with van der Waals surface area (Å²) in [7, 11) is 4.33. The van der Waals surface area contributed by atoms with Crippen molar-refractivity contribution < 1.29 is 4.39 Å². The Bertz CT molecular complexity index is 1150. The summed E-state index contributed by atoms with van der Waals surface area (Å²) in [5, 5.41) is 2.47. The lowest BCUT2D eigenvalue weighted by Crippen LogP contribution is -2.17. The van der Waals surface area contributed by atoms with E-state index in [4.69, 9.17) is 0 Å². The Balaban J connectivity index is 0.000000135. The molecule has 0 aliphatic carbocycles. The van der Waals surface area contributed by atoms with Crippen LogP contribution in [0, 0.1) is 12.7 Å². The highest BCUT2D eigenvalue weighted by Crippen LogP contribution is 2.28. The molecule has 0 bridgehead atoms. The van der Waals surface area contributed by atoms with Crippen LogP contribution in [0.1, 0.15) is 40.9 Å². The van der Waals surface area contributed by atoms with Gasteiger partial charge in [0.05, 0.1) is 0 Å². The van der Waals surface area contributed by atoms with Gasteiger partial charge < -0.3 is 19.8 Å². The first-order valence-corrected chi connectivity index (χ1v) is 11.7. The highest BCUT2D eigenvalue weighted by atomic mass is 19.1. The summed E-state index contributed by atoms with van der Waals surface area (Å²) < 4.78 is 13.3. The molecule has 0 saturated heterocycles. The van der Waals surface area contributed by atoms with Crippen molar-refractivity contribution in [2.75, 3.05) is 27.2 Å². The van der Waals surface area contributed by atoms with Crippen LogP contribution in [0.5, 0.6) is 0 Å². The van der Waals surface area contributed by atoms with E-state index in [1.54, 1.807) is 6.07 Å². The highest BCUT2D eigenvalue weighted by molar-refractivity contribution is 5.86. The first-order valence-electron chi connectivity index (χ1n) is 11.7. The molecule has 4 aromatic rings. The average molecular weight is 433 g/mol. The number of benzene rings is 2. The summed E-state index contributed by atoms with van der Waals surface area (Å²) in [6.45, 7) is 6.48. The normalized spacial score (nSPS) is 17.4. The molecule has 0 radical (unpaired) electrons. The molecule has 2 aromatic heterocycles. The molecular formula is C27H33FN4. The van der Waals surface area contributed by atoms with Gasteiger partial charge in [-0.05, 0) is 101 Å². The molecule has 2 aliphatic heterocycles. The fraction of sp³-hybridized carbons (Fsp3) is 0.407. The van der Waals surface area contributed by atoms with E-state index in [-0.39, 0.29) is 5.82 Å². The number of aromatic nitrogens is 2. The van der Waals surface area contributed by atoms with E-state index < -0.39 is 0 Å². The predicted octanol–water partition coefficient (Wildman–Crippen LogP) is 5.54. The van der Waals surface area contributed by atoms with Crippen molar-refractivity contribution in [3.05, 3.63) is 70.3 Å². The Labute approximate surface area is 189 Å². The molecule has 0 saturated carbocycles. The molecule has 0 amide bonds. The maximum absolute atomic E-state index is 13.3. The molecule has 6 rings (SSSR count). The minimum atomic E-state index is -0.152. The molecule has 168 valence electrons. The van der Waals surface area contributed by atoms with Crippen LogP contribution in [-0.2, 0) is 25.9 Å². The summed E-state index contributed by atoms with van der Waals surface area (Å²) in [6, 6.07) is 11.7. The number of aromatic amines is 2. The van der Waals surface area contributed by atoms with Crippen molar-refractivity contribution in [3.8, 4) is 0 Å². The zero-order valence-electron chi connectivity index (χ0n) is 19.4. The third kappa shape index (κ3) is 4.19. The molecule has 2 aromatic carbocycles. The number of halogens is 1. The summed E-state index contributed by atoms with van der Waals surface area (Å²) in [4.78, 5) is 11.7. The summed E-state index contributed by atoms with van der Waals surface area (Å²) in [6.07, 6.45) is 4.68. The van der Waals surface area contributed by atoms with E-state index in [9.17, 15) is 4.39 Å². The van der Waals surface area contributed by atoms with Crippen LogP contribution in [0.15, 0.2) is 36.4 Å². The van der Waals surface area contributed by atoms with Crippen LogP contribution in [0.3, 0.4) is 0 Å². The smallest absolute Gasteiger partial charge is 0.123 e. The van der Waals surface area contributed by atoms with E-state index in [0.29, 0.717) is 0 Å². The number of hydrogen-bond donors (Lipinski definition) is 2. The maximum Gasteiger partial charge on any atom is 0.123 e. The molecule has 5 heteroatoms. The Hall–Kier alpha value is -2.63. The quantitative estimate of drug-likeness (QED) is 0.383. The molecule has 0 atom stereocenters. The third-order valence-electron chi connectivity index (χ3n) is 6.90.